The fourth-order valence-electron chi connectivity index (χ4n) is 1.20. The Morgan fingerprint density at radius 2 is 2.24 bits per heavy atom. The fraction of sp³-hybridized carbons (Fsp3) is 0.182. The van der Waals surface area contributed by atoms with Crippen molar-refractivity contribution in [2.75, 3.05) is 18.6 Å². The zero-order valence-electron chi connectivity index (χ0n) is 9.54. The van der Waals surface area contributed by atoms with E-state index in [-0.39, 0.29) is 0 Å². The SMILES string of the molecule is CNc1cc(Oc2cccnc2)nc(SC)n1. The number of rotatable bonds is 4. The van der Waals surface area contributed by atoms with E-state index in [9.17, 15) is 0 Å². The van der Waals surface area contributed by atoms with Crippen LogP contribution >= 0.6 is 11.8 Å². The molecule has 17 heavy (non-hydrogen) atoms. The molecule has 0 aliphatic rings. The summed E-state index contributed by atoms with van der Waals surface area (Å²) in [5.41, 5.74) is 0. The highest BCUT2D eigenvalue weighted by molar-refractivity contribution is 7.98. The lowest BCUT2D eigenvalue weighted by Gasteiger charge is -2.07. The molecule has 5 nitrogen and oxygen atoms in total. The molecular formula is C11H12N4OS. The highest BCUT2D eigenvalue weighted by Crippen LogP contribution is 2.23. The van der Waals surface area contributed by atoms with Crippen molar-refractivity contribution in [1.29, 1.82) is 0 Å². The van der Waals surface area contributed by atoms with Gasteiger partial charge in [0.25, 0.3) is 0 Å². The van der Waals surface area contributed by atoms with Gasteiger partial charge >= 0.3 is 0 Å². The molecule has 0 aliphatic carbocycles. The number of pyridine rings is 1. The molecule has 2 aromatic heterocycles. The molecule has 0 unspecified atom stereocenters. The number of hydrogen-bond acceptors (Lipinski definition) is 6. The maximum absolute atomic E-state index is 5.60. The fourth-order valence-corrected chi connectivity index (χ4v) is 1.57. The van der Waals surface area contributed by atoms with Gasteiger partial charge in [-0.1, -0.05) is 11.8 Å². The van der Waals surface area contributed by atoms with Crippen molar-refractivity contribution >= 4 is 17.6 Å². The van der Waals surface area contributed by atoms with Crippen LogP contribution in [0.3, 0.4) is 0 Å². The maximum atomic E-state index is 5.60. The zero-order chi connectivity index (χ0) is 12.1. The van der Waals surface area contributed by atoms with Gasteiger partial charge in [-0.25, -0.2) is 4.98 Å². The highest BCUT2D eigenvalue weighted by atomic mass is 32.2. The van der Waals surface area contributed by atoms with E-state index in [0.717, 1.165) is 5.82 Å². The molecule has 0 atom stereocenters. The molecule has 2 aromatic rings. The molecule has 0 amide bonds. The minimum atomic E-state index is 0.502. The molecule has 0 aromatic carbocycles. The van der Waals surface area contributed by atoms with Gasteiger partial charge in [-0.05, 0) is 18.4 Å². The van der Waals surface area contributed by atoms with Gasteiger partial charge in [0.15, 0.2) is 5.16 Å². The smallest absolute Gasteiger partial charge is 0.225 e. The van der Waals surface area contributed by atoms with Gasteiger partial charge in [0.1, 0.15) is 11.6 Å². The quantitative estimate of drug-likeness (QED) is 0.662. The van der Waals surface area contributed by atoms with Crippen molar-refractivity contribution < 1.29 is 4.74 Å². The first-order valence-corrected chi connectivity index (χ1v) is 6.23. The van der Waals surface area contributed by atoms with Crippen LogP contribution in [0.25, 0.3) is 0 Å². The molecule has 0 aliphatic heterocycles. The second kappa shape index (κ2) is 5.49. The molecule has 88 valence electrons. The summed E-state index contributed by atoms with van der Waals surface area (Å²) in [6.07, 6.45) is 5.25. The Hall–Kier alpha value is -1.82. The number of nitrogens with one attached hydrogen (secondary N) is 1. The number of anilines is 1. The Kier molecular flexibility index (Phi) is 3.77. The van der Waals surface area contributed by atoms with Crippen molar-refractivity contribution in [2.24, 2.45) is 0 Å². The Labute approximate surface area is 104 Å². The van der Waals surface area contributed by atoms with Crippen LogP contribution in [-0.2, 0) is 0 Å². The molecular weight excluding hydrogens is 236 g/mol. The van der Waals surface area contributed by atoms with Crippen LogP contribution in [0.5, 0.6) is 11.6 Å². The number of nitrogens with zero attached hydrogens (tertiary/aromatic N) is 3. The number of thioether (sulfide) groups is 1. The van der Waals surface area contributed by atoms with Crippen molar-refractivity contribution in [3.05, 3.63) is 30.6 Å². The molecule has 2 heterocycles. The normalized spacial score (nSPS) is 10.0. The summed E-state index contributed by atoms with van der Waals surface area (Å²) in [5.74, 6) is 1.88. The average Bonchev–Trinajstić information content (AvgIpc) is 2.39. The summed E-state index contributed by atoms with van der Waals surface area (Å²) < 4.78 is 5.60. The summed E-state index contributed by atoms with van der Waals surface area (Å²) in [7, 11) is 1.81. The summed E-state index contributed by atoms with van der Waals surface area (Å²) in [4.78, 5) is 12.5. The summed E-state index contributed by atoms with van der Waals surface area (Å²) >= 11 is 1.47. The minimum Gasteiger partial charge on any atom is -0.437 e. The van der Waals surface area contributed by atoms with Gasteiger partial charge in [0, 0.05) is 19.3 Å². The van der Waals surface area contributed by atoms with Crippen molar-refractivity contribution in [3.63, 3.8) is 0 Å². The Morgan fingerprint density at radius 1 is 1.35 bits per heavy atom. The van der Waals surface area contributed by atoms with E-state index in [2.05, 4.69) is 20.3 Å². The molecule has 0 radical (unpaired) electrons. The van der Waals surface area contributed by atoms with Crippen LogP contribution in [0.15, 0.2) is 35.7 Å². The minimum absolute atomic E-state index is 0.502. The van der Waals surface area contributed by atoms with Crippen LogP contribution in [0, 0.1) is 0 Å². The molecule has 0 bridgehead atoms. The molecule has 0 saturated heterocycles. The topological polar surface area (TPSA) is 59.9 Å². The first-order valence-electron chi connectivity index (χ1n) is 5.00. The molecule has 2 rings (SSSR count). The molecule has 0 fully saturated rings. The predicted molar refractivity (Wildman–Crippen MR) is 67.7 cm³/mol. The Morgan fingerprint density at radius 3 is 2.88 bits per heavy atom. The second-order valence-electron chi connectivity index (χ2n) is 3.12. The first-order chi connectivity index (χ1) is 8.31. The van der Waals surface area contributed by atoms with Crippen LogP contribution in [-0.4, -0.2) is 28.3 Å². The van der Waals surface area contributed by atoms with Crippen molar-refractivity contribution in [1.82, 2.24) is 15.0 Å². The van der Waals surface area contributed by atoms with E-state index in [0.29, 0.717) is 16.8 Å². The number of aromatic nitrogens is 3. The highest BCUT2D eigenvalue weighted by Gasteiger charge is 2.05. The van der Waals surface area contributed by atoms with Crippen LogP contribution in [0.4, 0.5) is 5.82 Å². The van der Waals surface area contributed by atoms with Gasteiger partial charge in [-0.15, -0.1) is 0 Å². The number of ether oxygens (including phenoxy) is 1. The van der Waals surface area contributed by atoms with Gasteiger partial charge in [-0.3, -0.25) is 4.98 Å². The van der Waals surface area contributed by atoms with Gasteiger partial charge in [0.2, 0.25) is 5.88 Å². The second-order valence-corrected chi connectivity index (χ2v) is 3.89. The predicted octanol–water partition coefficient (Wildman–Crippen LogP) is 2.43. The Bertz CT molecular complexity index is 470. The third-order valence-corrected chi connectivity index (χ3v) is 2.53. The van der Waals surface area contributed by atoms with Crippen molar-refractivity contribution in [2.45, 2.75) is 5.16 Å². The van der Waals surface area contributed by atoms with Crippen LogP contribution in [0.1, 0.15) is 0 Å². The van der Waals surface area contributed by atoms with Gasteiger partial charge < -0.3 is 10.1 Å². The number of hydrogen-bond donors (Lipinski definition) is 1. The standard InChI is InChI=1S/C11H12N4OS/c1-12-9-6-10(15-11(14-9)17-2)16-8-4-3-5-13-7-8/h3-7H,1-2H3,(H,12,14,15). The van der Waals surface area contributed by atoms with Gasteiger partial charge in [-0.2, -0.15) is 4.98 Å². The summed E-state index contributed by atoms with van der Waals surface area (Å²) in [6, 6.07) is 5.38. The lowest BCUT2D eigenvalue weighted by molar-refractivity contribution is 0.454. The van der Waals surface area contributed by atoms with Crippen molar-refractivity contribution in [3.8, 4) is 11.6 Å². The van der Waals surface area contributed by atoms with E-state index in [1.54, 1.807) is 25.5 Å². The van der Waals surface area contributed by atoms with E-state index in [1.807, 2.05) is 18.4 Å². The van der Waals surface area contributed by atoms with E-state index < -0.39 is 0 Å². The van der Waals surface area contributed by atoms with E-state index in [1.165, 1.54) is 11.8 Å². The lowest BCUT2D eigenvalue weighted by Crippen LogP contribution is -1.98. The third kappa shape index (κ3) is 3.07. The average molecular weight is 248 g/mol. The molecule has 6 heteroatoms. The molecule has 0 saturated carbocycles. The molecule has 0 spiro atoms. The molecule has 1 N–H and O–H groups in total. The zero-order valence-corrected chi connectivity index (χ0v) is 10.4. The maximum Gasteiger partial charge on any atom is 0.225 e. The first kappa shape index (κ1) is 11.7. The summed E-state index contributed by atoms with van der Waals surface area (Å²) in [5, 5.41) is 3.63. The van der Waals surface area contributed by atoms with Gasteiger partial charge in [0.05, 0.1) is 6.20 Å². The van der Waals surface area contributed by atoms with Crippen LogP contribution < -0.4 is 10.1 Å². The van der Waals surface area contributed by atoms with E-state index >= 15 is 0 Å². The summed E-state index contributed by atoms with van der Waals surface area (Å²) in [6.45, 7) is 0. The lowest BCUT2D eigenvalue weighted by atomic mass is 10.4. The monoisotopic (exact) mass is 248 g/mol. The van der Waals surface area contributed by atoms with Crippen LogP contribution in [0.2, 0.25) is 0 Å². The third-order valence-electron chi connectivity index (χ3n) is 1.98. The van der Waals surface area contributed by atoms with E-state index in [4.69, 9.17) is 4.74 Å². The Balaban J connectivity index is 2.26. The largest absolute Gasteiger partial charge is 0.437 e.